The molecule has 32 heavy (non-hydrogen) atoms. The summed E-state index contributed by atoms with van der Waals surface area (Å²) in [5, 5.41) is 8.55. The molecule has 0 saturated heterocycles. The highest BCUT2D eigenvalue weighted by Gasteiger charge is 2.35. The lowest BCUT2D eigenvalue weighted by molar-refractivity contribution is -0.133. The van der Waals surface area contributed by atoms with Crippen molar-refractivity contribution < 1.29 is 23.5 Å². The van der Waals surface area contributed by atoms with Crippen LogP contribution in [0, 0.1) is 5.82 Å². The van der Waals surface area contributed by atoms with E-state index in [1.165, 1.54) is 16.0 Å². The van der Waals surface area contributed by atoms with Crippen molar-refractivity contribution in [1.29, 1.82) is 0 Å². The fraction of sp³-hybridized carbons (Fsp3) is 0.348. The molecule has 0 spiro atoms. The number of carbonyl (C=O) groups excluding carboxylic acids is 2. The standard InChI is InChI=1S/C23H25FN4O4/c1-3-10-25-23(30)27(2)13-22(29)28-19(15-8-9-20-21(11-15)32-14-31-20)12-18(26-28)16-6-4-5-7-17(16)24/h4-9,11,19H,3,10,12-14H2,1-2H3,(H,25,30)/t19-/m1/s1. The quantitative estimate of drug-likeness (QED) is 0.747. The lowest BCUT2D eigenvalue weighted by Gasteiger charge is -2.25. The van der Waals surface area contributed by atoms with E-state index in [2.05, 4.69) is 10.4 Å². The lowest BCUT2D eigenvalue weighted by Crippen LogP contribution is -2.43. The SMILES string of the molecule is CCCNC(=O)N(C)CC(=O)N1N=C(c2ccccc2F)C[C@@H]1c1ccc2c(c1)OCO2. The maximum atomic E-state index is 14.4. The normalized spacial score (nSPS) is 16.7. The highest BCUT2D eigenvalue weighted by Crippen LogP contribution is 2.39. The number of fused-ring (bicyclic) bond motifs is 1. The smallest absolute Gasteiger partial charge is 0.317 e. The third-order valence-electron chi connectivity index (χ3n) is 5.38. The molecule has 2 heterocycles. The van der Waals surface area contributed by atoms with E-state index in [0.29, 0.717) is 35.7 Å². The molecule has 0 bridgehead atoms. The summed E-state index contributed by atoms with van der Waals surface area (Å²) in [6.45, 7) is 2.45. The number of hydrogen-bond donors (Lipinski definition) is 1. The van der Waals surface area contributed by atoms with Gasteiger partial charge in [0.25, 0.3) is 5.91 Å². The molecule has 0 saturated carbocycles. The van der Waals surface area contributed by atoms with E-state index in [9.17, 15) is 14.0 Å². The Morgan fingerprint density at radius 2 is 2.00 bits per heavy atom. The Morgan fingerprint density at radius 1 is 1.22 bits per heavy atom. The maximum Gasteiger partial charge on any atom is 0.317 e. The summed E-state index contributed by atoms with van der Waals surface area (Å²) in [6, 6.07) is 11.0. The fourth-order valence-electron chi connectivity index (χ4n) is 3.69. The van der Waals surface area contributed by atoms with Crippen LogP contribution >= 0.6 is 0 Å². The van der Waals surface area contributed by atoms with Gasteiger partial charge in [0.1, 0.15) is 12.4 Å². The molecular weight excluding hydrogens is 415 g/mol. The molecule has 2 aromatic rings. The second-order valence-electron chi connectivity index (χ2n) is 7.69. The van der Waals surface area contributed by atoms with E-state index in [1.54, 1.807) is 31.3 Å². The molecule has 0 unspecified atom stereocenters. The average molecular weight is 440 g/mol. The number of amides is 3. The van der Waals surface area contributed by atoms with Crippen molar-refractivity contribution in [2.24, 2.45) is 5.10 Å². The fourth-order valence-corrected chi connectivity index (χ4v) is 3.69. The van der Waals surface area contributed by atoms with Gasteiger partial charge in [-0.05, 0) is 30.2 Å². The number of benzene rings is 2. The van der Waals surface area contributed by atoms with Crippen molar-refractivity contribution in [3.8, 4) is 11.5 Å². The van der Waals surface area contributed by atoms with Gasteiger partial charge in [-0.15, -0.1) is 0 Å². The molecule has 8 nitrogen and oxygen atoms in total. The van der Waals surface area contributed by atoms with Crippen LogP contribution in [0.2, 0.25) is 0 Å². The van der Waals surface area contributed by atoms with E-state index in [-0.39, 0.29) is 25.3 Å². The van der Waals surface area contributed by atoms with Crippen LogP contribution in [0.25, 0.3) is 0 Å². The number of likely N-dealkylation sites (N-methyl/N-ethyl adjacent to an activating group) is 1. The first-order valence-corrected chi connectivity index (χ1v) is 10.5. The van der Waals surface area contributed by atoms with Gasteiger partial charge in [-0.25, -0.2) is 14.2 Å². The zero-order valence-electron chi connectivity index (χ0n) is 18.0. The molecule has 2 aromatic carbocycles. The van der Waals surface area contributed by atoms with Crippen molar-refractivity contribution in [3.05, 3.63) is 59.4 Å². The third kappa shape index (κ3) is 4.37. The number of hydrogen-bond acceptors (Lipinski definition) is 5. The Morgan fingerprint density at radius 3 is 2.78 bits per heavy atom. The predicted molar refractivity (Wildman–Crippen MR) is 116 cm³/mol. The topological polar surface area (TPSA) is 83.5 Å². The maximum absolute atomic E-state index is 14.4. The van der Waals surface area contributed by atoms with Crippen molar-refractivity contribution in [2.45, 2.75) is 25.8 Å². The number of nitrogens with one attached hydrogen (secondary N) is 1. The van der Waals surface area contributed by atoms with Gasteiger partial charge in [-0.2, -0.15) is 5.10 Å². The van der Waals surface area contributed by atoms with Crippen molar-refractivity contribution in [1.82, 2.24) is 15.2 Å². The van der Waals surface area contributed by atoms with Gasteiger partial charge < -0.3 is 19.7 Å². The van der Waals surface area contributed by atoms with Crippen LogP contribution in [-0.2, 0) is 4.79 Å². The van der Waals surface area contributed by atoms with Crippen LogP contribution in [0.5, 0.6) is 11.5 Å². The molecule has 1 N–H and O–H groups in total. The summed E-state index contributed by atoms with van der Waals surface area (Å²) < 4.78 is 25.3. The van der Waals surface area contributed by atoms with Crippen molar-refractivity contribution in [2.75, 3.05) is 26.9 Å². The van der Waals surface area contributed by atoms with Crippen molar-refractivity contribution in [3.63, 3.8) is 0 Å². The number of ether oxygens (including phenoxy) is 2. The Labute approximate surface area is 185 Å². The molecule has 0 fully saturated rings. The first kappa shape index (κ1) is 21.6. The summed E-state index contributed by atoms with van der Waals surface area (Å²) >= 11 is 0. The highest BCUT2D eigenvalue weighted by molar-refractivity contribution is 6.03. The minimum absolute atomic E-state index is 0.140. The number of rotatable bonds is 6. The van der Waals surface area contributed by atoms with Gasteiger partial charge in [0.15, 0.2) is 11.5 Å². The van der Waals surface area contributed by atoms with Crippen LogP contribution in [0.3, 0.4) is 0 Å². The van der Waals surface area contributed by atoms with Crippen LogP contribution in [0.1, 0.15) is 36.9 Å². The van der Waals surface area contributed by atoms with E-state index in [0.717, 1.165) is 12.0 Å². The summed E-state index contributed by atoms with van der Waals surface area (Å²) in [7, 11) is 1.55. The van der Waals surface area contributed by atoms with Gasteiger partial charge in [0, 0.05) is 25.6 Å². The zero-order valence-corrected chi connectivity index (χ0v) is 18.0. The van der Waals surface area contributed by atoms with Gasteiger partial charge in [-0.1, -0.05) is 31.2 Å². The van der Waals surface area contributed by atoms with Gasteiger partial charge in [-0.3, -0.25) is 4.79 Å². The molecule has 3 amide bonds. The first-order chi connectivity index (χ1) is 15.5. The Hall–Kier alpha value is -3.62. The summed E-state index contributed by atoms with van der Waals surface area (Å²) in [4.78, 5) is 26.7. The molecule has 2 aliphatic heterocycles. The van der Waals surface area contributed by atoms with E-state index < -0.39 is 11.9 Å². The predicted octanol–water partition coefficient (Wildman–Crippen LogP) is 3.28. The minimum atomic E-state index is -0.460. The lowest BCUT2D eigenvalue weighted by atomic mass is 9.97. The molecule has 4 rings (SSSR count). The molecule has 168 valence electrons. The Kier molecular flexibility index (Phi) is 6.25. The van der Waals surface area contributed by atoms with Crippen LogP contribution in [-0.4, -0.2) is 54.5 Å². The molecule has 0 aliphatic carbocycles. The van der Waals surface area contributed by atoms with Crippen LogP contribution in [0.15, 0.2) is 47.6 Å². The van der Waals surface area contributed by atoms with E-state index >= 15 is 0 Å². The van der Waals surface area contributed by atoms with Gasteiger partial charge in [0.05, 0.1) is 11.8 Å². The summed E-state index contributed by atoms with van der Waals surface area (Å²) in [5.41, 5.74) is 1.61. The van der Waals surface area contributed by atoms with Gasteiger partial charge in [0.2, 0.25) is 6.79 Å². The van der Waals surface area contributed by atoms with Crippen LogP contribution < -0.4 is 14.8 Å². The number of halogens is 1. The van der Waals surface area contributed by atoms with Gasteiger partial charge >= 0.3 is 6.03 Å². The second-order valence-corrected chi connectivity index (χ2v) is 7.69. The Bertz CT molecular complexity index is 1060. The highest BCUT2D eigenvalue weighted by atomic mass is 19.1. The van der Waals surface area contributed by atoms with Crippen molar-refractivity contribution >= 4 is 17.6 Å². The number of urea groups is 1. The minimum Gasteiger partial charge on any atom is -0.454 e. The summed E-state index contributed by atoms with van der Waals surface area (Å²) in [5.74, 6) is 0.451. The molecule has 9 heteroatoms. The zero-order chi connectivity index (χ0) is 22.7. The molecular formula is C23H25FN4O4. The molecule has 1 atom stereocenters. The molecule has 0 radical (unpaired) electrons. The largest absolute Gasteiger partial charge is 0.454 e. The molecule has 2 aliphatic rings. The third-order valence-corrected chi connectivity index (χ3v) is 5.38. The van der Waals surface area contributed by atoms with E-state index in [1.807, 2.05) is 19.1 Å². The number of carbonyl (C=O) groups is 2. The Balaban J connectivity index is 1.61. The first-order valence-electron chi connectivity index (χ1n) is 10.5. The monoisotopic (exact) mass is 440 g/mol. The summed E-state index contributed by atoms with van der Waals surface area (Å²) in [6.07, 6.45) is 1.13. The number of nitrogens with zero attached hydrogens (tertiary/aromatic N) is 3. The number of hydrazone groups is 1. The average Bonchev–Trinajstić information content (AvgIpc) is 3.44. The second kappa shape index (κ2) is 9.25. The van der Waals surface area contributed by atoms with E-state index in [4.69, 9.17) is 9.47 Å². The molecule has 0 aromatic heterocycles. The van der Waals surface area contributed by atoms with Crippen LogP contribution in [0.4, 0.5) is 9.18 Å².